The fourth-order valence-corrected chi connectivity index (χ4v) is 4.59. The summed E-state index contributed by atoms with van der Waals surface area (Å²) in [4.78, 5) is 0. The number of allylic oxidation sites excluding steroid dienone is 4. The number of alkyl halides is 2. The van der Waals surface area contributed by atoms with Gasteiger partial charge in [0, 0.05) is 16.7 Å². The molecule has 0 saturated carbocycles. The van der Waals surface area contributed by atoms with E-state index in [4.69, 9.17) is 18.9 Å². The molecule has 188 valence electrons. The summed E-state index contributed by atoms with van der Waals surface area (Å²) in [5.41, 5.74) is 0.0407. The molecule has 0 spiro atoms. The highest BCUT2D eigenvalue weighted by Gasteiger charge is 2.54. The highest BCUT2D eigenvalue weighted by atomic mass is 19.3. The van der Waals surface area contributed by atoms with E-state index in [0.717, 1.165) is 7.11 Å². The van der Waals surface area contributed by atoms with Gasteiger partial charge in [-0.3, -0.25) is 0 Å². The number of hydrogen-bond donors (Lipinski definition) is 0. The molecule has 0 N–H and O–H groups in total. The molecule has 36 heavy (non-hydrogen) atoms. The number of ether oxygens (including phenoxy) is 4. The Morgan fingerprint density at radius 1 is 0.750 bits per heavy atom. The van der Waals surface area contributed by atoms with E-state index in [1.807, 2.05) is 0 Å². The molecule has 0 aliphatic heterocycles. The summed E-state index contributed by atoms with van der Waals surface area (Å²) in [7, 11) is 4.03. The minimum Gasteiger partial charge on any atom is -0.497 e. The van der Waals surface area contributed by atoms with Crippen molar-refractivity contribution >= 4 is 11.1 Å². The van der Waals surface area contributed by atoms with Crippen molar-refractivity contribution in [3.63, 3.8) is 0 Å². The first-order valence-corrected chi connectivity index (χ1v) is 11.4. The minimum atomic E-state index is -3.62. The first-order chi connectivity index (χ1) is 17.4. The van der Waals surface area contributed by atoms with Gasteiger partial charge in [-0.05, 0) is 36.8 Å². The van der Waals surface area contributed by atoms with Crippen LogP contribution in [0.25, 0.3) is 11.1 Å². The van der Waals surface area contributed by atoms with Crippen LogP contribution in [0.3, 0.4) is 0 Å². The Hall–Kier alpha value is -3.87. The molecular weight excluding hydrogens is 469 g/mol. The van der Waals surface area contributed by atoms with Crippen molar-refractivity contribution < 1.29 is 32.1 Å². The van der Waals surface area contributed by atoms with Gasteiger partial charge in [-0.25, -0.2) is 4.39 Å². The second kappa shape index (κ2) is 10.4. The zero-order chi connectivity index (χ0) is 25.9. The first kappa shape index (κ1) is 25.2. The molecule has 7 heteroatoms. The molecule has 0 amide bonds. The third kappa shape index (κ3) is 4.30. The summed E-state index contributed by atoms with van der Waals surface area (Å²) < 4.78 is 71.3. The third-order valence-electron chi connectivity index (χ3n) is 6.14. The van der Waals surface area contributed by atoms with Gasteiger partial charge in [0.15, 0.2) is 5.76 Å². The Morgan fingerprint density at radius 2 is 1.36 bits per heavy atom. The normalized spacial score (nSPS) is 17.1. The lowest BCUT2D eigenvalue weighted by Crippen LogP contribution is -2.35. The topological polar surface area (TPSA) is 36.9 Å². The van der Waals surface area contributed by atoms with E-state index in [1.54, 1.807) is 67.6 Å². The predicted molar refractivity (Wildman–Crippen MR) is 133 cm³/mol. The molecular formula is C29H27F3O4. The predicted octanol–water partition coefficient (Wildman–Crippen LogP) is 7.27. The van der Waals surface area contributed by atoms with Crippen LogP contribution in [0.5, 0.6) is 17.2 Å². The molecule has 3 aromatic rings. The van der Waals surface area contributed by atoms with Gasteiger partial charge in [0.2, 0.25) is 0 Å². The van der Waals surface area contributed by atoms with Crippen molar-refractivity contribution in [3.8, 4) is 17.2 Å². The maximum atomic E-state index is 16.8. The van der Waals surface area contributed by atoms with E-state index in [0.29, 0.717) is 5.75 Å². The number of para-hydroxylation sites is 2. The molecule has 4 nitrogen and oxygen atoms in total. The molecule has 1 aliphatic carbocycles. The second-order valence-electron chi connectivity index (χ2n) is 8.09. The van der Waals surface area contributed by atoms with Crippen LogP contribution in [-0.4, -0.2) is 33.9 Å². The van der Waals surface area contributed by atoms with Gasteiger partial charge in [0.05, 0.1) is 39.4 Å². The Balaban J connectivity index is 2.09. The molecule has 0 heterocycles. The van der Waals surface area contributed by atoms with Crippen molar-refractivity contribution in [2.75, 3.05) is 27.9 Å². The van der Waals surface area contributed by atoms with Crippen molar-refractivity contribution in [3.05, 3.63) is 101 Å². The van der Waals surface area contributed by atoms with Gasteiger partial charge in [0.25, 0.3) is 0 Å². The van der Waals surface area contributed by atoms with Crippen LogP contribution >= 0.6 is 0 Å². The monoisotopic (exact) mass is 496 g/mol. The number of rotatable bonds is 8. The zero-order valence-electron chi connectivity index (χ0n) is 20.5. The number of benzene rings is 3. The Bertz CT molecular complexity index is 1300. The fourth-order valence-electron chi connectivity index (χ4n) is 4.59. The van der Waals surface area contributed by atoms with Gasteiger partial charge in [0.1, 0.15) is 23.1 Å². The van der Waals surface area contributed by atoms with E-state index in [1.165, 1.54) is 26.4 Å². The number of methoxy groups -OCH3 is 3. The summed E-state index contributed by atoms with van der Waals surface area (Å²) in [6.07, 6.45) is 0. The average molecular weight is 497 g/mol. The number of hydrogen-bond acceptors (Lipinski definition) is 4. The van der Waals surface area contributed by atoms with Crippen molar-refractivity contribution in [2.24, 2.45) is 0 Å². The second-order valence-corrected chi connectivity index (χ2v) is 8.09. The lowest BCUT2D eigenvalue weighted by Gasteiger charge is -2.36. The SMILES string of the molecule is CCOc1ccccc1C1=C(OC)C(F)(F)C(c2ccc(OC)cc2)C(c2ccccc2OC)=C1F. The maximum absolute atomic E-state index is 16.8. The fraction of sp³-hybridized carbons (Fsp3) is 0.241. The lowest BCUT2D eigenvalue weighted by molar-refractivity contribution is -0.0222. The van der Waals surface area contributed by atoms with Crippen LogP contribution in [0.15, 0.2) is 84.4 Å². The standard InChI is InChI=1S/C29H27F3O4/c1-5-36-23-13-9-7-11-21(23)25-27(30)24(20-10-6-8-12-22(20)34-3)26(29(31,32)28(25)35-4)18-14-16-19(33-2)17-15-18/h6-17,26H,5H2,1-4H3. The zero-order valence-corrected chi connectivity index (χ0v) is 20.5. The molecule has 1 unspecified atom stereocenters. The minimum absolute atomic E-state index is 0.175. The summed E-state index contributed by atoms with van der Waals surface area (Å²) in [5.74, 6) is -5.88. The highest BCUT2D eigenvalue weighted by Crippen LogP contribution is 2.58. The van der Waals surface area contributed by atoms with Crippen LogP contribution < -0.4 is 14.2 Å². The van der Waals surface area contributed by atoms with Crippen LogP contribution in [0.1, 0.15) is 29.5 Å². The van der Waals surface area contributed by atoms with Gasteiger partial charge in [-0.15, -0.1) is 0 Å². The van der Waals surface area contributed by atoms with E-state index >= 15 is 13.2 Å². The van der Waals surface area contributed by atoms with Crippen molar-refractivity contribution in [2.45, 2.75) is 18.8 Å². The summed E-state index contributed by atoms with van der Waals surface area (Å²) in [5, 5.41) is 0. The van der Waals surface area contributed by atoms with Crippen LogP contribution in [-0.2, 0) is 4.74 Å². The van der Waals surface area contributed by atoms with Crippen molar-refractivity contribution in [1.82, 2.24) is 0 Å². The molecule has 0 radical (unpaired) electrons. The molecule has 1 aliphatic rings. The van der Waals surface area contributed by atoms with Crippen molar-refractivity contribution in [1.29, 1.82) is 0 Å². The smallest absolute Gasteiger partial charge is 0.315 e. The summed E-state index contributed by atoms with van der Waals surface area (Å²) in [6, 6.07) is 19.2. The maximum Gasteiger partial charge on any atom is 0.315 e. The Morgan fingerprint density at radius 3 is 1.94 bits per heavy atom. The van der Waals surface area contributed by atoms with Crippen LogP contribution in [0, 0.1) is 0 Å². The van der Waals surface area contributed by atoms with Gasteiger partial charge >= 0.3 is 5.92 Å². The Kier molecular flexibility index (Phi) is 7.29. The summed E-state index contributed by atoms with van der Waals surface area (Å²) >= 11 is 0. The average Bonchev–Trinajstić information content (AvgIpc) is 2.90. The van der Waals surface area contributed by atoms with Gasteiger partial charge in [-0.1, -0.05) is 48.5 Å². The molecule has 0 saturated heterocycles. The van der Waals surface area contributed by atoms with Crippen LogP contribution in [0.2, 0.25) is 0 Å². The molecule has 0 aromatic heterocycles. The van der Waals surface area contributed by atoms with Gasteiger partial charge in [-0.2, -0.15) is 8.78 Å². The quantitative estimate of drug-likeness (QED) is 0.329. The largest absolute Gasteiger partial charge is 0.497 e. The van der Waals surface area contributed by atoms with E-state index < -0.39 is 23.4 Å². The molecule has 1 atom stereocenters. The Labute approximate surface area is 208 Å². The van der Waals surface area contributed by atoms with E-state index in [9.17, 15) is 0 Å². The molecule has 3 aromatic carbocycles. The number of halogens is 3. The molecule has 4 rings (SSSR count). The third-order valence-corrected chi connectivity index (χ3v) is 6.14. The molecule has 0 fully saturated rings. The van der Waals surface area contributed by atoms with E-state index in [-0.39, 0.29) is 45.9 Å². The molecule has 0 bridgehead atoms. The first-order valence-electron chi connectivity index (χ1n) is 11.4. The lowest BCUT2D eigenvalue weighted by atomic mass is 9.74. The van der Waals surface area contributed by atoms with E-state index in [2.05, 4.69) is 0 Å². The summed E-state index contributed by atoms with van der Waals surface area (Å²) in [6.45, 7) is 2.05. The highest BCUT2D eigenvalue weighted by molar-refractivity contribution is 5.96. The van der Waals surface area contributed by atoms with Gasteiger partial charge < -0.3 is 18.9 Å². The van der Waals surface area contributed by atoms with Crippen LogP contribution in [0.4, 0.5) is 13.2 Å².